The molecule has 1 amide bonds. The highest BCUT2D eigenvalue weighted by Gasteiger charge is 2.12. The SMILES string of the molecule is CCOc1ccc(NC(=O)/C(C#N)=C/c2ccccc2OCC(=O)OC)cc1. The second-order valence-corrected chi connectivity index (χ2v) is 5.48. The lowest BCUT2D eigenvalue weighted by Gasteiger charge is -2.09. The van der Waals surface area contributed by atoms with Crippen LogP contribution < -0.4 is 14.8 Å². The number of ether oxygens (including phenoxy) is 3. The second-order valence-electron chi connectivity index (χ2n) is 5.48. The molecule has 2 aromatic carbocycles. The fraction of sp³-hybridized carbons (Fsp3) is 0.190. The van der Waals surface area contributed by atoms with Crippen LogP contribution in [-0.4, -0.2) is 32.2 Å². The Morgan fingerprint density at radius 2 is 1.82 bits per heavy atom. The summed E-state index contributed by atoms with van der Waals surface area (Å²) in [6.45, 7) is 2.15. The summed E-state index contributed by atoms with van der Waals surface area (Å²) in [7, 11) is 1.26. The fourth-order valence-corrected chi connectivity index (χ4v) is 2.23. The summed E-state index contributed by atoms with van der Waals surface area (Å²) in [5.74, 6) is -0.0512. The van der Waals surface area contributed by atoms with Crippen molar-refractivity contribution in [3.8, 4) is 17.6 Å². The van der Waals surface area contributed by atoms with Crippen molar-refractivity contribution in [1.29, 1.82) is 5.26 Å². The number of methoxy groups -OCH3 is 1. The third-order valence-corrected chi connectivity index (χ3v) is 3.58. The number of esters is 1. The Morgan fingerprint density at radius 3 is 2.46 bits per heavy atom. The van der Waals surface area contributed by atoms with Crippen molar-refractivity contribution in [3.63, 3.8) is 0 Å². The van der Waals surface area contributed by atoms with E-state index in [1.807, 2.05) is 13.0 Å². The van der Waals surface area contributed by atoms with E-state index in [0.29, 0.717) is 29.4 Å². The number of anilines is 1. The van der Waals surface area contributed by atoms with Crippen LogP contribution in [0.3, 0.4) is 0 Å². The van der Waals surface area contributed by atoms with Crippen molar-refractivity contribution >= 4 is 23.6 Å². The molecule has 0 aliphatic rings. The highest BCUT2D eigenvalue weighted by atomic mass is 16.6. The van der Waals surface area contributed by atoms with Gasteiger partial charge >= 0.3 is 5.97 Å². The first-order valence-corrected chi connectivity index (χ1v) is 8.52. The molecule has 0 spiro atoms. The minimum Gasteiger partial charge on any atom is -0.494 e. The molecule has 144 valence electrons. The Morgan fingerprint density at radius 1 is 1.11 bits per heavy atom. The van der Waals surface area contributed by atoms with Gasteiger partial charge in [0.05, 0.1) is 13.7 Å². The smallest absolute Gasteiger partial charge is 0.343 e. The summed E-state index contributed by atoms with van der Waals surface area (Å²) in [6, 6.07) is 15.5. The maximum atomic E-state index is 12.4. The van der Waals surface area contributed by atoms with E-state index in [1.54, 1.807) is 48.5 Å². The van der Waals surface area contributed by atoms with E-state index in [1.165, 1.54) is 13.2 Å². The van der Waals surface area contributed by atoms with Gasteiger partial charge in [0.15, 0.2) is 6.61 Å². The van der Waals surface area contributed by atoms with Gasteiger partial charge in [0.2, 0.25) is 0 Å². The van der Waals surface area contributed by atoms with Gasteiger partial charge in [0.25, 0.3) is 5.91 Å². The number of carbonyl (C=O) groups is 2. The molecule has 0 unspecified atom stereocenters. The Hall–Kier alpha value is -3.79. The number of nitriles is 1. The summed E-state index contributed by atoms with van der Waals surface area (Å²) < 4.78 is 15.3. The van der Waals surface area contributed by atoms with E-state index >= 15 is 0 Å². The van der Waals surface area contributed by atoms with E-state index in [-0.39, 0.29) is 12.2 Å². The molecule has 28 heavy (non-hydrogen) atoms. The number of hydrogen-bond acceptors (Lipinski definition) is 6. The fourth-order valence-electron chi connectivity index (χ4n) is 2.23. The van der Waals surface area contributed by atoms with Crippen LogP contribution in [-0.2, 0) is 14.3 Å². The first-order valence-electron chi connectivity index (χ1n) is 8.52. The number of amides is 1. The molecule has 0 atom stereocenters. The number of para-hydroxylation sites is 1. The van der Waals surface area contributed by atoms with Crippen LogP contribution in [0.1, 0.15) is 12.5 Å². The number of hydrogen-bond donors (Lipinski definition) is 1. The molecule has 2 aromatic rings. The Kier molecular flexibility index (Phi) is 7.61. The van der Waals surface area contributed by atoms with Gasteiger partial charge in [0.1, 0.15) is 23.1 Å². The summed E-state index contributed by atoms with van der Waals surface area (Å²) >= 11 is 0. The topological polar surface area (TPSA) is 97.6 Å². The van der Waals surface area contributed by atoms with Crippen LogP contribution in [0.15, 0.2) is 54.1 Å². The lowest BCUT2D eigenvalue weighted by Crippen LogP contribution is -2.14. The first-order chi connectivity index (χ1) is 13.6. The zero-order chi connectivity index (χ0) is 20.4. The molecule has 0 aromatic heterocycles. The summed E-state index contributed by atoms with van der Waals surface area (Å²) in [5, 5.41) is 12.0. The van der Waals surface area contributed by atoms with Gasteiger partial charge in [-0.2, -0.15) is 5.26 Å². The predicted molar refractivity (Wildman–Crippen MR) is 104 cm³/mol. The third kappa shape index (κ3) is 5.88. The van der Waals surface area contributed by atoms with E-state index in [9.17, 15) is 14.9 Å². The molecule has 0 fully saturated rings. The molecule has 0 aliphatic carbocycles. The molecule has 7 nitrogen and oxygen atoms in total. The van der Waals surface area contributed by atoms with Gasteiger partial charge in [-0.15, -0.1) is 0 Å². The number of carbonyl (C=O) groups excluding carboxylic acids is 2. The van der Waals surface area contributed by atoms with Crippen LogP contribution >= 0.6 is 0 Å². The van der Waals surface area contributed by atoms with E-state index < -0.39 is 11.9 Å². The molecular formula is C21H20N2O5. The average molecular weight is 380 g/mol. The van der Waals surface area contributed by atoms with Crippen molar-refractivity contribution in [2.24, 2.45) is 0 Å². The zero-order valence-corrected chi connectivity index (χ0v) is 15.6. The van der Waals surface area contributed by atoms with Gasteiger partial charge in [-0.05, 0) is 43.3 Å². The van der Waals surface area contributed by atoms with E-state index in [2.05, 4.69) is 10.1 Å². The average Bonchev–Trinajstić information content (AvgIpc) is 2.72. The molecule has 1 N–H and O–H groups in total. The summed E-state index contributed by atoms with van der Waals surface area (Å²) in [5.41, 5.74) is 0.914. The van der Waals surface area contributed by atoms with Crippen LogP contribution in [0, 0.1) is 11.3 Å². The highest BCUT2D eigenvalue weighted by Crippen LogP contribution is 2.22. The zero-order valence-electron chi connectivity index (χ0n) is 15.6. The molecule has 2 rings (SSSR count). The number of nitrogens with one attached hydrogen (secondary N) is 1. The minimum atomic E-state index is -0.561. The van der Waals surface area contributed by atoms with Gasteiger partial charge in [-0.1, -0.05) is 18.2 Å². The molecule has 0 saturated carbocycles. The quantitative estimate of drug-likeness (QED) is 0.429. The molecule has 7 heteroatoms. The maximum absolute atomic E-state index is 12.4. The van der Waals surface area contributed by atoms with Crippen molar-refractivity contribution < 1.29 is 23.8 Å². The Balaban J connectivity index is 2.15. The first kappa shape index (κ1) is 20.5. The molecule has 0 saturated heterocycles. The Bertz CT molecular complexity index is 898. The number of rotatable bonds is 8. The van der Waals surface area contributed by atoms with E-state index in [0.717, 1.165) is 0 Å². The third-order valence-electron chi connectivity index (χ3n) is 3.58. The van der Waals surface area contributed by atoms with Gasteiger partial charge in [-0.3, -0.25) is 4.79 Å². The van der Waals surface area contributed by atoms with Crippen molar-refractivity contribution in [3.05, 3.63) is 59.7 Å². The lowest BCUT2D eigenvalue weighted by atomic mass is 10.1. The van der Waals surface area contributed by atoms with Crippen molar-refractivity contribution in [1.82, 2.24) is 0 Å². The van der Waals surface area contributed by atoms with Gasteiger partial charge in [-0.25, -0.2) is 4.79 Å². The van der Waals surface area contributed by atoms with E-state index in [4.69, 9.17) is 9.47 Å². The number of nitrogens with zero attached hydrogens (tertiary/aromatic N) is 1. The van der Waals surface area contributed by atoms with Crippen LogP contribution in [0.25, 0.3) is 6.08 Å². The predicted octanol–water partition coefficient (Wildman–Crippen LogP) is 3.18. The number of benzene rings is 2. The summed E-state index contributed by atoms with van der Waals surface area (Å²) in [6.07, 6.45) is 1.40. The van der Waals surface area contributed by atoms with Crippen molar-refractivity contribution in [2.45, 2.75) is 6.92 Å². The summed E-state index contributed by atoms with van der Waals surface area (Å²) in [4.78, 5) is 23.7. The molecule has 0 aliphatic heterocycles. The normalized spacial score (nSPS) is 10.5. The van der Waals surface area contributed by atoms with Gasteiger partial charge < -0.3 is 19.5 Å². The minimum absolute atomic E-state index is 0.108. The van der Waals surface area contributed by atoms with Crippen LogP contribution in [0.4, 0.5) is 5.69 Å². The second kappa shape index (κ2) is 10.4. The molecule has 0 bridgehead atoms. The van der Waals surface area contributed by atoms with Crippen molar-refractivity contribution in [2.75, 3.05) is 25.6 Å². The monoisotopic (exact) mass is 380 g/mol. The standard InChI is InChI=1S/C21H20N2O5/c1-3-27-18-10-8-17(9-11-18)23-21(25)16(13-22)12-15-6-4-5-7-19(15)28-14-20(24)26-2/h4-12H,3,14H2,1-2H3,(H,23,25)/b16-12+. The van der Waals surface area contributed by atoms with Crippen LogP contribution in [0.5, 0.6) is 11.5 Å². The molecule has 0 radical (unpaired) electrons. The highest BCUT2D eigenvalue weighted by molar-refractivity contribution is 6.09. The maximum Gasteiger partial charge on any atom is 0.343 e. The lowest BCUT2D eigenvalue weighted by molar-refractivity contribution is -0.142. The Labute approximate surface area is 163 Å². The largest absolute Gasteiger partial charge is 0.494 e. The van der Waals surface area contributed by atoms with Crippen LogP contribution in [0.2, 0.25) is 0 Å². The molecular weight excluding hydrogens is 360 g/mol. The van der Waals surface area contributed by atoms with Gasteiger partial charge in [0, 0.05) is 11.3 Å². The molecule has 0 heterocycles.